The molecular formula is C20H20F3N5O. The highest BCUT2D eigenvalue weighted by atomic mass is 19.4. The highest BCUT2D eigenvalue weighted by Crippen LogP contribution is 2.29. The molecule has 0 aliphatic carbocycles. The van der Waals surface area contributed by atoms with E-state index >= 15 is 0 Å². The Morgan fingerprint density at radius 2 is 1.86 bits per heavy atom. The Morgan fingerprint density at radius 3 is 2.52 bits per heavy atom. The zero-order valence-corrected chi connectivity index (χ0v) is 15.8. The van der Waals surface area contributed by atoms with Crippen LogP contribution in [0.15, 0.2) is 48.8 Å². The molecule has 0 radical (unpaired) electrons. The van der Waals surface area contributed by atoms with Crippen LogP contribution in [0.5, 0.6) is 0 Å². The van der Waals surface area contributed by atoms with Crippen molar-refractivity contribution in [3.63, 3.8) is 0 Å². The van der Waals surface area contributed by atoms with Crippen LogP contribution in [0, 0.1) is 6.92 Å². The number of nitrogens with zero attached hydrogens (tertiary/aromatic N) is 3. The monoisotopic (exact) mass is 403 g/mol. The van der Waals surface area contributed by atoms with E-state index in [9.17, 15) is 18.3 Å². The number of aliphatic hydroxyl groups excluding tert-OH is 1. The average Bonchev–Trinajstić information content (AvgIpc) is 2.66. The minimum Gasteiger partial charge on any atom is -0.392 e. The first-order valence-corrected chi connectivity index (χ1v) is 8.88. The molecule has 0 saturated carbocycles. The van der Waals surface area contributed by atoms with Crippen molar-refractivity contribution in [3.8, 4) is 11.1 Å². The molecule has 0 bridgehead atoms. The third-order valence-electron chi connectivity index (χ3n) is 3.95. The van der Waals surface area contributed by atoms with E-state index < -0.39 is 18.0 Å². The summed E-state index contributed by atoms with van der Waals surface area (Å²) in [5, 5.41) is 15.2. The summed E-state index contributed by atoms with van der Waals surface area (Å²) >= 11 is 0. The van der Waals surface area contributed by atoms with Crippen LogP contribution in [0.4, 0.5) is 30.6 Å². The van der Waals surface area contributed by atoms with Crippen molar-refractivity contribution in [1.82, 2.24) is 15.0 Å². The van der Waals surface area contributed by atoms with Gasteiger partial charge in [-0.05, 0) is 55.3 Å². The van der Waals surface area contributed by atoms with Crippen LogP contribution in [0.3, 0.4) is 0 Å². The molecule has 0 fully saturated rings. The zero-order chi connectivity index (χ0) is 21.0. The third-order valence-corrected chi connectivity index (χ3v) is 3.95. The molecule has 2 heterocycles. The molecule has 0 aliphatic heterocycles. The minimum atomic E-state index is -4.54. The number of benzene rings is 1. The molecule has 1 unspecified atom stereocenters. The molecule has 0 saturated heterocycles. The van der Waals surface area contributed by atoms with Gasteiger partial charge in [-0.3, -0.25) is 0 Å². The van der Waals surface area contributed by atoms with Crippen LogP contribution >= 0.6 is 0 Å². The standard InChI is InChI=1S/C20H20F3N5O/c1-12-7-15(14-3-4-18(26-11-14)25-10-13(2)29)9-16(8-12)27-19-24-6-5-17(28-19)20(21,22)23/h3-9,11,13,29H,10H2,1-2H3,(H,25,26)(H,24,27,28). The molecular weight excluding hydrogens is 383 g/mol. The Labute approximate surface area is 165 Å². The zero-order valence-electron chi connectivity index (χ0n) is 15.8. The molecule has 3 rings (SSSR count). The third kappa shape index (κ3) is 5.64. The van der Waals surface area contributed by atoms with E-state index in [1.165, 1.54) is 0 Å². The summed E-state index contributed by atoms with van der Waals surface area (Å²) in [7, 11) is 0. The number of hydrogen-bond acceptors (Lipinski definition) is 6. The van der Waals surface area contributed by atoms with Gasteiger partial charge in [0, 0.05) is 30.2 Å². The molecule has 9 heteroatoms. The molecule has 3 N–H and O–H groups in total. The van der Waals surface area contributed by atoms with Gasteiger partial charge in [0.15, 0.2) is 0 Å². The normalized spacial score (nSPS) is 12.5. The van der Waals surface area contributed by atoms with Gasteiger partial charge in [0.2, 0.25) is 5.95 Å². The van der Waals surface area contributed by atoms with Gasteiger partial charge in [-0.15, -0.1) is 0 Å². The number of halogens is 3. The van der Waals surface area contributed by atoms with Crippen molar-refractivity contribution < 1.29 is 18.3 Å². The van der Waals surface area contributed by atoms with Crippen LogP contribution in [0.2, 0.25) is 0 Å². The van der Waals surface area contributed by atoms with Crippen LogP contribution in [-0.2, 0) is 6.18 Å². The summed E-state index contributed by atoms with van der Waals surface area (Å²) in [6.07, 6.45) is -2.27. The predicted octanol–water partition coefficient (Wildman–Crippen LogP) is 4.40. The topological polar surface area (TPSA) is 83.0 Å². The fourth-order valence-electron chi connectivity index (χ4n) is 2.65. The van der Waals surface area contributed by atoms with E-state index in [0.29, 0.717) is 18.1 Å². The Balaban J connectivity index is 1.82. The first kappa shape index (κ1) is 20.5. The van der Waals surface area contributed by atoms with Gasteiger partial charge in [0.25, 0.3) is 0 Å². The molecule has 1 atom stereocenters. The number of anilines is 3. The quantitative estimate of drug-likeness (QED) is 0.566. The molecule has 29 heavy (non-hydrogen) atoms. The van der Waals surface area contributed by atoms with Crippen molar-refractivity contribution in [2.75, 3.05) is 17.2 Å². The fraction of sp³-hybridized carbons (Fsp3) is 0.250. The Kier molecular flexibility index (Phi) is 5.97. The van der Waals surface area contributed by atoms with Gasteiger partial charge in [0.1, 0.15) is 11.5 Å². The number of nitrogens with one attached hydrogen (secondary N) is 2. The smallest absolute Gasteiger partial charge is 0.392 e. The maximum absolute atomic E-state index is 12.8. The number of alkyl halides is 3. The van der Waals surface area contributed by atoms with Crippen molar-refractivity contribution in [1.29, 1.82) is 0 Å². The summed E-state index contributed by atoms with van der Waals surface area (Å²) in [5.41, 5.74) is 2.15. The summed E-state index contributed by atoms with van der Waals surface area (Å²) in [4.78, 5) is 11.7. The van der Waals surface area contributed by atoms with Crippen LogP contribution in [0.1, 0.15) is 18.2 Å². The lowest BCUT2D eigenvalue weighted by molar-refractivity contribution is -0.141. The van der Waals surface area contributed by atoms with Crippen molar-refractivity contribution in [3.05, 3.63) is 60.0 Å². The molecule has 0 spiro atoms. The molecule has 152 valence electrons. The highest BCUT2D eigenvalue weighted by Gasteiger charge is 2.32. The van der Waals surface area contributed by atoms with E-state index in [-0.39, 0.29) is 5.95 Å². The molecule has 3 aromatic rings. The van der Waals surface area contributed by atoms with Crippen LogP contribution in [0.25, 0.3) is 11.1 Å². The summed E-state index contributed by atoms with van der Waals surface area (Å²) in [6, 6.07) is 10.0. The number of pyridine rings is 1. The molecule has 2 aromatic heterocycles. The van der Waals surface area contributed by atoms with Crippen molar-refractivity contribution >= 4 is 17.5 Å². The first-order chi connectivity index (χ1) is 13.7. The fourth-order valence-corrected chi connectivity index (χ4v) is 2.65. The van der Waals surface area contributed by atoms with Crippen molar-refractivity contribution in [2.45, 2.75) is 26.1 Å². The number of hydrogen-bond donors (Lipinski definition) is 3. The Hall–Kier alpha value is -3.20. The molecule has 1 aromatic carbocycles. The second-order valence-corrected chi connectivity index (χ2v) is 6.64. The van der Waals surface area contributed by atoms with E-state index in [1.54, 1.807) is 31.3 Å². The average molecular weight is 403 g/mol. The number of aromatic nitrogens is 3. The van der Waals surface area contributed by atoms with E-state index in [2.05, 4.69) is 25.6 Å². The molecule has 0 aliphatic rings. The lowest BCUT2D eigenvalue weighted by Gasteiger charge is -2.12. The largest absolute Gasteiger partial charge is 0.433 e. The van der Waals surface area contributed by atoms with Gasteiger partial charge in [-0.1, -0.05) is 6.07 Å². The van der Waals surface area contributed by atoms with Gasteiger partial charge in [-0.25, -0.2) is 15.0 Å². The molecule has 6 nitrogen and oxygen atoms in total. The second-order valence-electron chi connectivity index (χ2n) is 6.64. The minimum absolute atomic E-state index is 0.132. The van der Waals surface area contributed by atoms with Gasteiger partial charge >= 0.3 is 6.18 Å². The van der Waals surface area contributed by atoms with E-state index in [4.69, 9.17) is 0 Å². The number of aryl methyl sites for hydroxylation is 1. The highest BCUT2D eigenvalue weighted by molar-refractivity contribution is 5.71. The summed E-state index contributed by atoms with van der Waals surface area (Å²) in [6.45, 7) is 3.95. The number of aliphatic hydroxyl groups is 1. The maximum Gasteiger partial charge on any atom is 0.433 e. The van der Waals surface area contributed by atoms with Crippen LogP contribution in [-0.4, -0.2) is 32.7 Å². The Bertz CT molecular complexity index is 975. The van der Waals surface area contributed by atoms with Gasteiger partial charge in [0.05, 0.1) is 6.10 Å². The Morgan fingerprint density at radius 1 is 1.07 bits per heavy atom. The summed E-state index contributed by atoms with van der Waals surface area (Å²) < 4.78 is 38.5. The second kappa shape index (κ2) is 8.44. The van der Waals surface area contributed by atoms with Crippen molar-refractivity contribution in [2.24, 2.45) is 0 Å². The van der Waals surface area contributed by atoms with Gasteiger partial charge < -0.3 is 15.7 Å². The first-order valence-electron chi connectivity index (χ1n) is 8.88. The number of rotatable bonds is 6. The van der Waals surface area contributed by atoms with Gasteiger partial charge in [-0.2, -0.15) is 13.2 Å². The predicted molar refractivity (Wildman–Crippen MR) is 105 cm³/mol. The lowest BCUT2D eigenvalue weighted by atomic mass is 10.0. The van der Waals surface area contributed by atoms with E-state index in [1.807, 2.05) is 19.1 Å². The maximum atomic E-state index is 12.8. The van der Waals surface area contributed by atoms with Crippen LogP contribution < -0.4 is 10.6 Å². The SMILES string of the molecule is Cc1cc(Nc2nccc(C(F)(F)F)n2)cc(-c2ccc(NCC(C)O)nc2)c1. The lowest BCUT2D eigenvalue weighted by Crippen LogP contribution is -2.15. The molecule has 0 amide bonds. The van der Waals surface area contributed by atoms with E-state index in [0.717, 1.165) is 29.0 Å². The summed E-state index contributed by atoms with van der Waals surface area (Å²) in [5.74, 6) is 0.505.